The smallest absolute Gasteiger partial charge is 0.220 e. The molecule has 12 N–H and O–H groups in total. The van der Waals surface area contributed by atoms with E-state index in [0.717, 1.165) is 77.0 Å². The molecule has 3 fully saturated rings. The molecule has 19 nitrogen and oxygen atoms in total. The van der Waals surface area contributed by atoms with Crippen LogP contribution in [0, 0.1) is 0 Å². The minimum absolute atomic E-state index is 0.219. The second-order valence-electron chi connectivity index (χ2n) is 22.9. The Kier molecular flexibility index (Phi) is 42.0. The maximum absolute atomic E-state index is 13.4. The maximum atomic E-state index is 13.4. The number of hydrogen-bond acceptors (Lipinski definition) is 18. The lowest BCUT2D eigenvalue weighted by Gasteiger charge is -2.48. The van der Waals surface area contributed by atoms with Gasteiger partial charge in [0.1, 0.15) is 73.2 Å². The zero-order valence-electron chi connectivity index (χ0n) is 50.4. The van der Waals surface area contributed by atoms with Gasteiger partial charge in [-0.05, 0) is 70.6 Å². The number of amides is 1. The molecule has 482 valence electrons. The third-order valence-corrected chi connectivity index (χ3v) is 15.8. The Bertz CT molecular complexity index is 1750. The van der Waals surface area contributed by atoms with Crippen molar-refractivity contribution in [1.82, 2.24) is 5.32 Å². The third-order valence-electron chi connectivity index (χ3n) is 15.8. The molecule has 0 bridgehead atoms. The van der Waals surface area contributed by atoms with Crippen molar-refractivity contribution in [2.24, 2.45) is 0 Å². The molecule has 0 aromatic heterocycles. The Morgan fingerprint density at radius 1 is 0.434 bits per heavy atom. The van der Waals surface area contributed by atoms with E-state index in [1.54, 1.807) is 6.08 Å². The summed E-state index contributed by atoms with van der Waals surface area (Å²) in [6.45, 7) is 1.66. The van der Waals surface area contributed by atoms with Crippen molar-refractivity contribution in [3.63, 3.8) is 0 Å². The van der Waals surface area contributed by atoms with Crippen LogP contribution >= 0.6 is 0 Å². The average Bonchev–Trinajstić information content (AvgIpc) is 3.43. The molecule has 0 spiro atoms. The van der Waals surface area contributed by atoms with Gasteiger partial charge in [-0.1, -0.05) is 190 Å². The number of ether oxygens (including phenoxy) is 6. The average molecular weight is 1180 g/mol. The molecule has 17 unspecified atom stereocenters. The molecular weight excluding hydrogens is 1070 g/mol. The Balaban J connectivity index is 1.50. The molecule has 19 heteroatoms. The molecule has 3 rings (SSSR count). The lowest BCUT2D eigenvalue weighted by molar-refractivity contribution is -0.379. The Hall–Kier alpha value is -2.51. The van der Waals surface area contributed by atoms with Crippen molar-refractivity contribution < 1.29 is 89.4 Å². The van der Waals surface area contributed by atoms with E-state index in [1.807, 2.05) is 6.08 Å². The van der Waals surface area contributed by atoms with Gasteiger partial charge in [-0.3, -0.25) is 4.79 Å². The van der Waals surface area contributed by atoms with Gasteiger partial charge in [0.05, 0.1) is 38.6 Å². The number of allylic oxidation sites excluding steroid dienone is 9. The molecule has 1 amide bonds. The Labute approximate surface area is 496 Å². The van der Waals surface area contributed by atoms with Crippen molar-refractivity contribution >= 4 is 5.91 Å². The number of aliphatic hydroxyl groups excluding tert-OH is 11. The summed E-state index contributed by atoms with van der Waals surface area (Å²) in [4.78, 5) is 13.4. The van der Waals surface area contributed by atoms with Gasteiger partial charge >= 0.3 is 0 Å². The molecular formula is C64H113NO18. The van der Waals surface area contributed by atoms with Gasteiger partial charge in [-0.2, -0.15) is 0 Å². The minimum atomic E-state index is -1.98. The number of nitrogens with one attached hydrogen (secondary N) is 1. The molecule has 0 aromatic rings. The molecule has 0 radical (unpaired) electrons. The lowest BCUT2D eigenvalue weighted by atomic mass is 9.96. The molecule has 3 heterocycles. The minimum Gasteiger partial charge on any atom is -0.394 e. The number of unbranched alkanes of at least 4 members (excludes halogenated alkanes) is 23. The summed E-state index contributed by atoms with van der Waals surface area (Å²) >= 11 is 0. The fourth-order valence-corrected chi connectivity index (χ4v) is 10.5. The van der Waals surface area contributed by atoms with Crippen molar-refractivity contribution in [2.45, 2.75) is 311 Å². The second kappa shape index (κ2) is 46.6. The summed E-state index contributed by atoms with van der Waals surface area (Å²) < 4.78 is 34.3. The quantitative estimate of drug-likeness (QED) is 0.0220. The van der Waals surface area contributed by atoms with Crippen LogP contribution in [-0.2, 0) is 33.2 Å². The van der Waals surface area contributed by atoms with Crippen LogP contribution < -0.4 is 5.32 Å². The monoisotopic (exact) mass is 1180 g/mol. The number of rotatable bonds is 47. The maximum Gasteiger partial charge on any atom is 0.220 e. The van der Waals surface area contributed by atoms with Crippen LogP contribution in [0.15, 0.2) is 60.8 Å². The predicted molar refractivity (Wildman–Crippen MR) is 318 cm³/mol. The largest absolute Gasteiger partial charge is 0.394 e. The first-order chi connectivity index (χ1) is 40.3. The van der Waals surface area contributed by atoms with Gasteiger partial charge in [-0.15, -0.1) is 0 Å². The van der Waals surface area contributed by atoms with Crippen LogP contribution in [0.5, 0.6) is 0 Å². The highest BCUT2D eigenvalue weighted by molar-refractivity contribution is 5.76. The normalized spacial score (nSPS) is 29.8. The first-order valence-corrected chi connectivity index (χ1v) is 32.0. The lowest BCUT2D eigenvalue weighted by Crippen LogP contribution is -2.66. The van der Waals surface area contributed by atoms with Crippen LogP contribution in [0.4, 0.5) is 0 Å². The van der Waals surface area contributed by atoms with Gasteiger partial charge in [0.15, 0.2) is 18.9 Å². The highest BCUT2D eigenvalue weighted by atomic mass is 16.8. The second-order valence-corrected chi connectivity index (χ2v) is 22.9. The molecule has 3 aliphatic heterocycles. The van der Waals surface area contributed by atoms with E-state index in [2.05, 4.69) is 67.8 Å². The Morgan fingerprint density at radius 3 is 1.31 bits per heavy atom. The van der Waals surface area contributed by atoms with Crippen molar-refractivity contribution in [2.75, 3.05) is 26.4 Å². The molecule has 0 saturated carbocycles. The number of aliphatic hydroxyl groups is 11. The summed E-state index contributed by atoms with van der Waals surface area (Å²) in [6.07, 6.45) is 27.6. The van der Waals surface area contributed by atoms with E-state index in [-0.39, 0.29) is 18.9 Å². The molecule has 3 saturated heterocycles. The van der Waals surface area contributed by atoms with Crippen LogP contribution in [0.25, 0.3) is 0 Å². The molecule has 83 heavy (non-hydrogen) atoms. The highest BCUT2D eigenvalue weighted by Gasteiger charge is 2.53. The standard InChI is InChI=1S/C64H113NO18/c1-3-5-7-9-11-13-15-17-19-21-23-25-27-29-31-33-35-37-39-41-48(69)47(65-52(70)42-40-38-36-34-32-30-28-26-24-22-20-18-16-14-12-10-8-6-4-2)46-78-62-58(76)55(73)60(50(44-67)80-62)83-64-59(77)56(74)61(51(45-68)81-64)82-63-57(75)54(72)53(71)49(43-66)79-63/h12,14,18,20,24,26,31,33,39,41,47-51,53-64,66-69,71-77H,3-11,13,15-17,19,21-23,25,27-30,32,34-38,40,42-46H2,1-2H3,(H,65,70)/b14-12-,20-18-,26-24-,33-31+,41-39+. The van der Waals surface area contributed by atoms with Crippen molar-refractivity contribution in [3.05, 3.63) is 60.8 Å². The first-order valence-electron chi connectivity index (χ1n) is 32.0. The predicted octanol–water partition coefficient (Wildman–Crippen LogP) is 6.82. The fourth-order valence-electron chi connectivity index (χ4n) is 10.5. The third kappa shape index (κ3) is 29.8. The van der Waals surface area contributed by atoms with Gasteiger partial charge < -0.3 is 89.9 Å². The Morgan fingerprint density at radius 2 is 0.807 bits per heavy atom. The summed E-state index contributed by atoms with van der Waals surface area (Å²) in [6, 6.07) is -0.999. The van der Waals surface area contributed by atoms with E-state index >= 15 is 0 Å². The van der Waals surface area contributed by atoms with Crippen molar-refractivity contribution in [1.29, 1.82) is 0 Å². The number of carbonyl (C=O) groups is 1. The van der Waals surface area contributed by atoms with E-state index in [9.17, 15) is 61.0 Å². The van der Waals surface area contributed by atoms with Crippen LogP contribution in [-0.4, -0.2) is 193 Å². The number of hydrogen-bond donors (Lipinski definition) is 12. The summed E-state index contributed by atoms with van der Waals surface area (Å²) in [5, 5.41) is 120. The van der Waals surface area contributed by atoms with E-state index < -0.39 is 124 Å². The summed E-state index contributed by atoms with van der Waals surface area (Å²) in [7, 11) is 0. The van der Waals surface area contributed by atoms with Gasteiger partial charge in [0, 0.05) is 6.42 Å². The van der Waals surface area contributed by atoms with E-state index in [0.29, 0.717) is 12.8 Å². The van der Waals surface area contributed by atoms with Crippen LogP contribution in [0.2, 0.25) is 0 Å². The SMILES string of the molecule is CCCCC/C=C\C/C=C\C/C=C\CCCCCCCCC(=O)NC(COC1OC(CO)C(OC2OC(CO)C(OC3OC(CO)C(O)C(O)C3O)C(O)C2O)C(O)C1O)C(O)/C=C/CC/C=C/CCCCCCCCCCCCCCC. The van der Waals surface area contributed by atoms with Gasteiger partial charge in [-0.25, -0.2) is 0 Å². The summed E-state index contributed by atoms with van der Waals surface area (Å²) in [5.41, 5.74) is 0. The van der Waals surface area contributed by atoms with E-state index in [4.69, 9.17) is 28.4 Å². The number of carbonyl (C=O) groups excluding carboxylic acids is 1. The van der Waals surface area contributed by atoms with Gasteiger partial charge in [0.2, 0.25) is 5.91 Å². The zero-order valence-corrected chi connectivity index (χ0v) is 50.4. The topological polar surface area (TPSA) is 307 Å². The zero-order chi connectivity index (χ0) is 60.5. The van der Waals surface area contributed by atoms with Gasteiger partial charge in [0.25, 0.3) is 0 Å². The van der Waals surface area contributed by atoms with E-state index in [1.165, 1.54) is 96.3 Å². The van der Waals surface area contributed by atoms with Crippen molar-refractivity contribution in [3.8, 4) is 0 Å². The fraction of sp³-hybridized carbons (Fsp3) is 0.828. The first kappa shape index (κ1) is 74.7. The molecule has 0 aliphatic carbocycles. The molecule has 3 aliphatic rings. The van der Waals surface area contributed by atoms with Crippen LogP contribution in [0.3, 0.4) is 0 Å². The molecule has 17 atom stereocenters. The molecule has 0 aromatic carbocycles. The van der Waals surface area contributed by atoms with Crippen LogP contribution in [0.1, 0.15) is 206 Å². The highest BCUT2D eigenvalue weighted by Crippen LogP contribution is 2.33. The summed E-state index contributed by atoms with van der Waals surface area (Å²) in [5.74, 6) is -0.300.